The Morgan fingerprint density at radius 2 is 2.43 bits per heavy atom. The highest BCUT2D eigenvalue weighted by atomic mass is 16.7. The van der Waals surface area contributed by atoms with Crippen molar-refractivity contribution in [1.29, 1.82) is 0 Å². The SMILES string of the molecule is Cc1cc(C(=O)N2CCCO2)n(C)n1. The molecule has 14 heavy (non-hydrogen) atoms. The molecule has 0 unspecified atom stereocenters. The van der Waals surface area contributed by atoms with Gasteiger partial charge in [0, 0.05) is 7.05 Å². The van der Waals surface area contributed by atoms with Crippen LogP contribution in [0.15, 0.2) is 6.07 Å². The molecule has 1 aliphatic rings. The number of carbonyl (C=O) groups is 1. The van der Waals surface area contributed by atoms with Crippen LogP contribution in [0.5, 0.6) is 0 Å². The molecule has 1 fully saturated rings. The maximum atomic E-state index is 11.8. The molecular formula is C9H13N3O2. The maximum Gasteiger partial charge on any atom is 0.295 e. The lowest BCUT2D eigenvalue weighted by Crippen LogP contribution is -2.28. The van der Waals surface area contributed by atoms with E-state index in [4.69, 9.17) is 4.84 Å². The van der Waals surface area contributed by atoms with E-state index < -0.39 is 0 Å². The molecule has 2 rings (SSSR count). The third-order valence-electron chi connectivity index (χ3n) is 2.20. The number of carbonyl (C=O) groups excluding carboxylic acids is 1. The van der Waals surface area contributed by atoms with Crippen LogP contribution in [-0.4, -0.2) is 33.9 Å². The van der Waals surface area contributed by atoms with Crippen molar-refractivity contribution < 1.29 is 9.63 Å². The molecule has 1 saturated heterocycles. The molecule has 1 aliphatic heterocycles. The second-order valence-corrected chi connectivity index (χ2v) is 3.39. The van der Waals surface area contributed by atoms with E-state index >= 15 is 0 Å². The van der Waals surface area contributed by atoms with Gasteiger partial charge in [0.2, 0.25) is 0 Å². The summed E-state index contributed by atoms with van der Waals surface area (Å²) < 4.78 is 1.58. The molecule has 0 saturated carbocycles. The fourth-order valence-corrected chi connectivity index (χ4v) is 1.55. The second kappa shape index (κ2) is 3.42. The van der Waals surface area contributed by atoms with Crippen LogP contribution in [0.3, 0.4) is 0 Å². The zero-order chi connectivity index (χ0) is 10.1. The zero-order valence-corrected chi connectivity index (χ0v) is 8.36. The predicted octanol–water partition coefficient (Wildman–Crippen LogP) is 0.506. The third kappa shape index (κ3) is 1.50. The summed E-state index contributed by atoms with van der Waals surface area (Å²) in [5, 5.41) is 5.52. The van der Waals surface area contributed by atoms with Crippen molar-refractivity contribution in [1.82, 2.24) is 14.8 Å². The number of rotatable bonds is 1. The number of aromatic nitrogens is 2. The summed E-state index contributed by atoms with van der Waals surface area (Å²) >= 11 is 0. The molecule has 1 amide bonds. The van der Waals surface area contributed by atoms with Crippen LogP contribution < -0.4 is 0 Å². The summed E-state index contributed by atoms with van der Waals surface area (Å²) in [5.74, 6) is -0.106. The standard InChI is InChI=1S/C9H13N3O2/c1-7-6-8(11(2)10-7)9(13)12-4-3-5-14-12/h6H,3-5H2,1-2H3. The van der Waals surface area contributed by atoms with Crippen molar-refractivity contribution in [2.24, 2.45) is 7.05 Å². The molecule has 0 bridgehead atoms. The first-order chi connectivity index (χ1) is 6.68. The van der Waals surface area contributed by atoms with Crippen molar-refractivity contribution in [3.8, 4) is 0 Å². The highest BCUT2D eigenvalue weighted by Crippen LogP contribution is 2.11. The minimum atomic E-state index is -0.106. The van der Waals surface area contributed by atoms with Gasteiger partial charge in [0.1, 0.15) is 5.69 Å². The van der Waals surface area contributed by atoms with E-state index in [-0.39, 0.29) is 5.91 Å². The predicted molar refractivity (Wildman–Crippen MR) is 49.6 cm³/mol. The minimum Gasteiger partial charge on any atom is -0.271 e. The molecule has 0 radical (unpaired) electrons. The summed E-state index contributed by atoms with van der Waals surface area (Å²) in [6.45, 7) is 3.16. The lowest BCUT2D eigenvalue weighted by Gasteiger charge is -2.13. The number of nitrogens with zero attached hydrogens (tertiary/aromatic N) is 3. The summed E-state index contributed by atoms with van der Waals surface area (Å²) in [7, 11) is 1.76. The van der Waals surface area contributed by atoms with Gasteiger partial charge in [0.05, 0.1) is 18.8 Å². The van der Waals surface area contributed by atoms with Gasteiger partial charge in [-0.05, 0) is 19.4 Å². The lowest BCUT2D eigenvalue weighted by molar-refractivity contribution is -0.0774. The Morgan fingerprint density at radius 1 is 1.64 bits per heavy atom. The summed E-state index contributed by atoms with van der Waals surface area (Å²) in [4.78, 5) is 17.0. The first-order valence-corrected chi connectivity index (χ1v) is 4.64. The molecule has 1 aromatic rings. The average molecular weight is 195 g/mol. The molecule has 5 heteroatoms. The molecule has 0 atom stereocenters. The lowest BCUT2D eigenvalue weighted by atomic mass is 10.3. The van der Waals surface area contributed by atoms with Crippen LogP contribution in [0.4, 0.5) is 0 Å². The van der Waals surface area contributed by atoms with Crippen molar-refractivity contribution in [2.75, 3.05) is 13.2 Å². The number of hydroxylamine groups is 2. The second-order valence-electron chi connectivity index (χ2n) is 3.39. The minimum absolute atomic E-state index is 0.106. The van der Waals surface area contributed by atoms with Crippen LogP contribution >= 0.6 is 0 Å². The highest BCUT2D eigenvalue weighted by molar-refractivity contribution is 5.92. The largest absolute Gasteiger partial charge is 0.295 e. The Kier molecular flexibility index (Phi) is 2.25. The first-order valence-electron chi connectivity index (χ1n) is 4.64. The van der Waals surface area contributed by atoms with Gasteiger partial charge in [-0.1, -0.05) is 0 Å². The van der Waals surface area contributed by atoms with Gasteiger partial charge in [0.25, 0.3) is 5.91 Å². The van der Waals surface area contributed by atoms with Gasteiger partial charge in [-0.3, -0.25) is 14.3 Å². The van der Waals surface area contributed by atoms with Crippen LogP contribution in [0.1, 0.15) is 22.6 Å². The number of hydrogen-bond donors (Lipinski definition) is 0. The summed E-state index contributed by atoms with van der Waals surface area (Å²) in [6, 6.07) is 1.77. The van der Waals surface area contributed by atoms with Gasteiger partial charge in [0.15, 0.2) is 0 Å². The summed E-state index contributed by atoms with van der Waals surface area (Å²) in [5.41, 5.74) is 1.42. The molecule has 0 aliphatic carbocycles. The number of amides is 1. The molecule has 1 aromatic heterocycles. The Labute approximate surface area is 82.2 Å². The van der Waals surface area contributed by atoms with Crippen molar-refractivity contribution in [3.63, 3.8) is 0 Å². The van der Waals surface area contributed by atoms with E-state index in [2.05, 4.69) is 5.10 Å². The van der Waals surface area contributed by atoms with Crippen molar-refractivity contribution in [2.45, 2.75) is 13.3 Å². The Hall–Kier alpha value is -1.36. The molecule has 5 nitrogen and oxygen atoms in total. The fraction of sp³-hybridized carbons (Fsp3) is 0.556. The zero-order valence-electron chi connectivity index (χ0n) is 8.36. The Morgan fingerprint density at radius 3 is 2.93 bits per heavy atom. The van der Waals surface area contributed by atoms with Gasteiger partial charge in [-0.2, -0.15) is 5.10 Å². The van der Waals surface area contributed by atoms with Crippen LogP contribution in [0, 0.1) is 6.92 Å². The smallest absolute Gasteiger partial charge is 0.271 e. The van der Waals surface area contributed by atoms with Crippen molar-refractivity contribution in [3.05, 3.63) is 17.5 Å². The topological polar surface area (TPSA) is 47.4 Å². The van der Waals surface area contributed by atoms with Crippen LogP contribution in [0.2, 0.25) is 0 Å². The maximum absolute atomic E-state index is 11.8. The Balaban J connectivity index is 2.21. The van der Waals surface area contributed by atoms with Crippen molar-refractivity contribution >= 4 is 5.91 Å². The third-order valence-corrected chi connectivity index (χ3v) is 2.20. The van der Waals surface area contributed by atoms with Gasteiger partial charge in [-0.15, -0.1) is 0 Å². The molecule has 0 N–H and O–H groups in total. The summed E-state index contributed by atoms with van der Waals surface area (Å²) in [6.07, 6.45) is 0.905. The monoisotopic (exact) mass is 195 g/mol. The van der Waals surface area contributed by atoms with E-state index in [0.29, 0.717) is 18.8 Å². The molecule has 76 valence electrons. The Bertz CT molecular complexity index is 353. The van der Waals surface area contributed by atoms with E-state index in [0.717, 1.165) is 12.1 Å². The van der Waals surface area contributed by atoms with Crippen LogP contribution in [0.25, 0.3) is 0 Å². The molecular weight excluding hydrogens is 182 g/mol. The van der Waals surface area contributed by atoms with Gasteiger partial charge < -0.3 is 0 Å². The van der Waals surface area contributed by atoms with E-state index in [1.54, 1.807) is 17.8 Å². The van der Waals surface area contributed by atoms with Gasteiger partial charge in [-0.25, -0.2) is 5.06 Å². The normalized spacial score (nSPS) is 16.3. The van der Waals surface area contributed by atoms with E-state index in [9.17, 15) is 4.79 Å². The number of aryl methyl sites for hydroxylation is 2. The van der Waals surface area contributed by atoms with E-state index in [1.165, 1.54) is 5.06 Å². The fourth-order valence-electron chi connectivity index (χ4n) is 1.55. The molecule has 2 heterocycles. The number of hydrogen-bond acceptors (Lipinski definition) is 3. The van der Waals surface area contributed by atoms with Crippen LogP contribution in [-0.2, 0) is 11.9 Å². The molecule has 0 spiro atoms. The first kappa shape index (κ1) is 9.21. The van der Waals surface area contributed by atoms with E-state index in [1.807, 2.05) is 6.92 Å². The van der Waals surface area contributed by atoms with Gasteiger partial charge >= 0.3 is 0 Å². The average Bonchev–Trinajstić information content (AvgIpc) is 2.73. The highest BCUT2D eigenvalue weighted by Gasteiger charge is 2.23. The molecule has 0 aromatic carbocycles. The quantitative estimate of drug-likeness (QED) is 0.655.